The largest absolute Gasteiger partial charge is 0.497 e. The summed E-state index contributed by atoms with van der Waals surface area (Å²) < 4.78 is 6.75. The Morgan fingerprint density at radius 2 is 1.85 bits per heavy atom. The molecule has 1 heterocycles. The van der Waals surface area contributed by atoms with Crippen LogP contribution in [0.15, 0.2) is 29.1 Å². The number of fused-ring (bicyclic) bond motifs is 1. The zero-order chi connectivity index (χ0) is 19.2. The van der Waals surface area contributed by atoms with Crippen LogP contribution in [0.5, 0.6) is 5.75 Å². The molecule has 0 saturated heterocycles. The summed E-state index contributed by atoms with van der Waals surface area (Å²) in [6, 6.07) is 7.65. The van der Waals surface area contributed by atoms with Crippen molar-refractivity contribution in [2.24, 2.45) is 0 Å². The van der Waals surface area contributed by atoms with Gasteiger partial charge in [-0.05, 0) is 68.2 Å². The zero-order valence-electron chi connectivity index (χ0n) is 15.7. The van der Waals surface area contributed by atoms with Crippen LogP contribution in [-0.2, 0) is 30.6 Å². The highest BCUT2D eigenvalue weighted by Crippen LogP contribution is 2.22. The molecule has 0 unspecified atom stereocenters. The minimum Gasteiger partial charge on any atom is -0.497 e. The van der Waals surface area contributed by atoms with Crippen molar-refractivity contribution in [3.8, 4) is 5.75 Å². The van der Waals surface area contributed by atoms with E-state index in [-0.39, 0.29) is 12.0 Å². The Morgan fingerprint density at radius 3 is 2.52 bits per heavy atom. The highest BCUT2D eigenvalue weighted by Gasteiger charge is 2.20. The van der Waals surface area contributed by atoms with Crippen LogP contribution in [0.3, 0.4) is 0 Å². The predicted molar refractivity (Wildman–Crippen MR) is 102 cm³/mol. The van der Waals surface area contributed by atoms with Gasteiger partial charge in [0.2, 0.25) is 0 Å². The number of aryl methyl sites for hydroxylation is 1. The van der Waals surface area contributed by atoms with Gasteiger partial charge in [-0.2, -0.15) is 5.10 Å². The van der Waals surface area contributed by atoms with E-state index < -0.39 is 5.97 Å². The Balaban J connectivity index is 1.85. The second kappa shape index (κ2) is 8.84. The van der Waals surface area contributed by atoms with Crippen LogP contribution in [0, 0.1) is 0 Å². The molecule has 3 rings (SSSR count). The van der Waals surface area contributed by atoms with Crippen molar-refractivity contribution in [3.05, 3.63) is 57.0 Å². The van der Waals surface area contributed by atoms with Crippen molar-refractivity contribution in [1.29, 1.82) is 0 Å². The smallest absolute Gasteiger partial charge is 0.303 e. The van der Waals surface area contributed by atoms with Gasteiger partial charge in [-0.3, -0.25) is 9.59 Å². The number of carbonyl (C=O) groups is 1. The maximum Gasteiger partial charge on any atom is 0.303 e. The second-order valence-corrected chi connectivity index (χ2v) is 7.02. The molecule has 1 aliphatic rings. The lowest BCUT2D eigenvalue weighted by Gasteiger charge is -2.20. The third kappa shape index (κ3) is 4.76. The molecule has 6 nitrogen and oxygen atoms in total. The number of benzene rings is 1. The van der Waals surface area contributed by atoms with E-state index in [1.807, 2.05) is 24.3 Å². The van der Waals surface area contributed by atoms with Gasteiger partial charge in [0.1, 0.15) is 5.75 Å². The van der Waals surface area contributed by atoms with Gasteiger partial charge in [0.15, 0.2) is 0 Å². The first-order valence-electron chi connectivity index (χ1n) is 9.55. The first-order chi connectivity index (χ1) is 13.1. The van der Waals surface area contributed by atoms with Gasteiger partial charge in [-0.25, -0.2) is 4.68 Å². The Morgan fingerprint density at radius 1 is 1.15 bits per heavy atom. The van der Waals surface area contributed by atoms with E-state index in [0.29, 0.717) is 13.0 Å². The molecule has 0 spiro atoms. The molecule has 144 valence electrons. The highest BCUT2D eigenvalue weighted by atomic mass is 16.5. The Kier molecular flexibility index (Phi) is 6.27. The number of aromatic nitrogens is 2. The van der Waals surface area contributed by atoms with Gasteiger partial charge in [-0.1, -0.05) is 12.1 Å². The van der Waals surface area contributed by atoms with E-state index in [1.165, 1.54) is 0 Å². The van der Waals surface area contributed by atoms with E-state index in [4.69, 9.17) is 9.84 Å². The fraction of sp³-hybridized carbons (Fsp3) is 0.476. The molecular formula is C21H26N2O4. The lowest BCUT2D eigenvalue weighted by Crippen LogP contribution is -2.31. The summed E-state index contributed by atoms with van der Waals surface area (Å²) in [5, 5.41) is 13.5. The van der Waals surface area contributed by atoms with Gasteiger partial charge < -0.3 is 9.84 Å². The normalized spacial score (nSPS) is 13.2. The molecule has 1 N–H and O–H groups in total. The summed E-state index contributed by atoms with van der Waals surface area (Å²) in [4.78, 5) is 23.6. The van der Waals surface area contributed by atoms with Crippen LogP contribution < -0.4 is 10.3 Å². The summed E-state index contributed by atoms with van der Waals surface area (Å²) in [6.45, 7) is 0.429. The van der Waals surface area contributed by atoms with Gasteiger partial charge in [0.05, 0.1) is 19.3 Å². The number of aliphatic carboxylic acids is 1. The maximum atomic E-state index is 12.9. The topological polar surface area (TPSA) is 81.4 Å². The fourth-order valence-corrected chi connectivity index (χ4v) is 3.65. The number of carboxylic acid groups (broad SMARTS) is 1. The van der Waals surface area contributed by atoms with Crippen molar-refractivity contribution < 1.29 is 14.6 Å². The standard InChI is InChI=1S/C21H26N2O4/c1-27-16-12-10-15(11-13-16)14-23-21(26)18-7-3-2-6-17(18)19(22-23)8-4-5-9-20(24)25/h10-13H,2-9,14H2,1H3,(H,24,25). The third-order valence-electron chi connectivity index (χ3n) is 5.10. The summed E-state index contributed by atoms with van der Waals surface area (Å²) >= 11 is 0. The first kappa shape index (κ1) is 19.1. The molecule has 1 aliphatic carbocycles. The lowest BCUT2D eigenvalue weighted by atomic mass is 9.90. The van der Waals surface area contributed by atoms with E-state index in [2.05, 4.69) is 5.10 Å². The van der Waals surface area contributed by atoms with E-state index in [9.17, 15) is 9.59 Å². The first-order valence-corrected chi connectivity index (χ1v) is 9.55. The Bertz CT molecular complexity index is 856. The molecular weight excluding hydrogens is 344 g/mol. The van der Waals surface area contributed by atoms with Crippen LogP contribution in [0.1, 0.15) is 54.5 Å². The van der Waals surface area contributed by atoms with Crippen LogP contribution >= 0.6 is 0 Å². The summed E-state index contributed by atoms with van der Waals surface area (Å²) in [5.74, 6) is 0.0121. The average Bonchev–Trinajstić information content (AvgIpc) is 2.69. The van der Waals surface area contributed by atoms with Crippen molar-refractivity contribution in [1.82, 2.24) is 9.78 Å². The number of rotatable bonds is 8. The number of hydrogen-bond donors (Lipinski definition) is 1. The van der Waals surface area contributed by atoms with Gasteiger partial charge in [-0.15, -0.1) is 0 Å². The SMILES string of the molecule is COc1ccc(Cn2nc(CCCCC(=O)O)c3c(c2=O)CCCC3)cc1. The number of unbranched alkanes of at least 4 members (excludes halogenated alkanes) is 1. The average molecular weight is 370 g/mol. The summed E-state index contributed by atoms with van der Waals surface area (Å²) in [6.07, 6.45) is 6.12. The van der Waals surface area contributed by atoms with Crippen molar-refractivity contribution in [2.75, 3.05) is 7.11 Å². The van der Waals surface area contributed by atoms with Crippen LogP contribution in [0.25, 0.3) is 0 Å². The van der Waals surface area contributed by atoms with Crippen molar-refractivity contribution in [2.45, 2.75) is 57.9 Å². The Hall–Kier alpha value is -2.63. The molecule has 0 radical (unpaired) electrons. The van der Waals surface area contributed by atoms with Gasteiger partial charge in [0.25, 0.3) is 5.56 Å². The van der Waals surface area contributed by atoms with Gasteiger partial charge in [0, 0.05) is 12.0 Å². The molecule has 27 heavy (non-hydrogen) atoms. The molecule has 6 heteroatoms. The highest BCUT2D eigenvalue weighted by molar-refractivity contribution is 5.66. The van der Waals surface area contributed by atoms with Crippen LogP contribution in [-0.4, -0.2) is 28.0 Å². The zero-order valence-corrected chi connectivity index (χ0v) is 15.7. The summed E-state index contributed by atoms with van der Waals surface area (Å²) in [7, 11) is 1.63. The molecule has 0 fully saturated rings. The number of methoxy groups -OCH3 is 1. The number of carboxylic acids is 1. The third-order valence-corrected chi connectivity index (χ3v) is 5.10. The maximum absolute atomic E-state index is 12.9. The molecule has 0 bridgehead atoms. The van der Waals surface area contributed by atoms with Crippen molar-refractivity contribution >= 4 is 5.97 Å². The minimum atomic E-state index is -0.769. The second-order valence-electron chi connectivity index (χ2n) is 7.02. The molecule has 1 aromatic carbocycles. The molecule has 0 atom stereocenters. The molecule has 0 amide bonds. The minimum absolute atomic E-state index is 0.00908. The molecule has 0 saturated carbocycles. The van der Waals surface area contributed by atoms with E-state index in [0.717, 1.165) is 66.7 Å². The summed E-state index contributed by atoms with van der Waals surface area (Å²) in [5.41, 5.74) is 3.97. The molecule has 1 aromatic heterocycles. The van der Waals surface area contributed by atoms with Crippen molar-refractivity contribution in [3.63, 3.8) is 0 Å². The number of hydrogen-bond acceptors (Lipinski definition) is 4. The van der Waals surface area contributed by atoms with E-state index >= 15 is 0 Å². The van der Waals surface area contributed by atoms with E-state index in [1.54, 1.807) is 11.8 Å². The number of ether oxygens (including phenoxy) is 1. The predicted octanol–water partition coefficient (Wildman–Crippen LogP) is 2.98. The fourth-order valence-electron chi connectivity index (χ4n) is 3.65. The monoisotopic (exact) mass is 370 g/mol. The van der Waals surface area contributed by atoms with Crippen LogP contribution in [0.4, 0.5) is 0 Å². The molecule has 2 aromatic rings. The molecule has 0 aliphatic heterocycles. The van der Waals surface area contributed by atoms with Gasteiger partial charge >= 0.3 is 5.97 Å². The lowest BCUT2D eigenvalue weighted by molar-refractivity contribution is -0.137. The van der Waals surface area contributed by atoms with Crippen LogP contribution in [0.2, 0.25) is 0 Å². The quantitative estimate of drug-likeness (QED) is 0.723. The number of nitrogens with zero attached hydrogens (tertiary/aromatic N) is 2. The Labute approximate surface area is 158 Å².